The van der Waals surface area contributed by atoms with Gasteiger partial charge in [0.05, 0.1) is 19.6 Å². The van der Waals surface area contributed by atoms with Crippen molar-refractivity contribution in [2.75, 3.05) is 62.7 Å². The third-order valence-corrected chi connectivity index (χ3v) is 7.86. The highest BCUT2D eigenvalue weighted by Gasteiger charge is 2.39. The van der Waals surface area contributed by atoms with Crippen molar-refractivity contribution < 1.29 is 23.4 Å². The van der Waals surface area contributed by atoms with Gasteiger partial charge in [-0.15, -0.1) is 0 Å². The van der Waals surface area contributed by atoms with Gasteiger partial charge in [0.2, 0.25) is 0 Å². The summed E-state index contributed by atoms with van der Waals surface area (Å²) in [6.07, 6.45) is 3.21. The van der Waals surface area contributed by atoms with Crippen LogP contribution in [0.15, 0.2) is 30.3 Å². The number of halogens is 2. The van der Waals surface area contributed by atoms with E-state index in [1.807, 2.05) is 11.0 Å². The van der Waals surface area contributed by atoms with Crippen LogP contribution >= 0.6 is 0 Å². The number of likely N-dealkylation sites (tertiary alicyclic amines) is 1. The van der Waals surface area contributed by atoms with E-state index < -0.39 is 23.4 Å². The van der Waals surface area contributed by atoms with Crippen molar-refractivity contribution in [2.45, 2.75) is 50.1 Å². The number of carboxylic acid groups (broad SMARTS) is 1. The quantitative estimate of drug-likeness (QED) is 0.523. The number of aliphatic carboxylic acids is 1. The first-order chi connectivity index (χ1) is 17.9. The molecular formula is C28H36F2N4O3. The molecule has 0 amide bonds. The Hall–Kier alpha value is -2.78. The summed E-state index contributed by atoms with van der Waals surface area (Å²) in [4.78, 5) is 20.5. The van der Waals surface area contributed by atoms with E-state index in [0.29, 0.717) is 64.2 Å². The largest absolute Gasteiger partial charge is 0.481 e. The van der Waals surface area contributed by atoms with Crippen molar-refractivity contribution >= 4 is 17.5 Å². The molecule has 37 heavy (non-hydrogen) atoms. The molecule has 2 fully saturated rings. The number of benzene rings is 1. The molecule has 3 aliphatic rings. The van der Waals surface area contributed by atoms with Gasteiger partial charge in [-0.05, 0) is 67.5 Å². The number of carbonyl (C=O) groups is 1. The zero-order chi connectivity index (χ0) is 25.8. The first kappa shape index (κ1) is 25.9. The molecule has 0 aliphatic carbocycles. The van der Waals surface area contributed by atoms with Crippen LogP contribution in [0.4, 0.5) is 20.3 Å². The number of hydrogen-bond donors (Lipinski definition) is 2. The number of pyridine rings is 1. The monoisotopic (exact) mass is 514 g/mol. The van der Waals surface area contributed by atoms with Crippen molar-refractivity contribution in [3.63, 3.8) is 0 Å². The van der Waals surface area contributed by atoms with Crippen molar-refractivity contribution in [3.8, 4) is 0 Å². The van der Waals surface area contributed by atoms with E-state index in [-0.39, 0.29) is 13.0 Å². The van der Waals surface area contributed by atoms with Gasteiger partial charge in [0, 0.05) is 56.6 Å². The van der Waals surface area contributed by atoms with Gasteiger partial charge >= 0.3 is 5.97 Å². The van der Waals surface area contributed by atoms with Crippen LogP contribution in [0.25, 0.3) is 0 Å². The number of aryl methyl sites for hydroxylation is 2. The molecule has 4 heterocycles. The number of nitrogens with one attached hydrogen (secondary N) is 1. The Morgan fingerprint density at radius 3 is 2.86 bits per heavy atom. The number of fused-ring (bicyclic) bond motifs is 1. The number of aromatic nitrogens is 1. The van der Waals surface area contributed by atoms with Crippen LogP contribution in [-0.2, 0) is 22.4 Å². The Kier molecular flexibility index (Phi) is 7.90. The lowest BCUT2D eigenvalue weighted by molar-refractivity contribution is -0.137. The lowest BCUT2D eigenvalue weighted by atomic mass is 9.93. The van der Waals surface area contributed by atoms with Gasteiger partial charge in [-0.1, -0.05) is 6.07 Å². The molecule has 3 aliphatic heterocycles. The van der Waals surface area contributed by atoms with Crippen molar-refractivity contribution in [3.05, 3.63) is 53.0 Å². The van der Waals surface area contributed by atoms with Gasteiger partial charge < -0.3 is 20.1 Å². The SMILES string of the molecule is O=C(O)CC(CN1CCC(F)(CCc2ccc3c(n2)NCCC3)C1)c1cc(N2CCOCC2)ccc1F. The lowest BCUT2D eigenvalue weighted by Crippen LogP contribution is -2.36. The summed E-state index contributed by atoms with van der Waals surface area (Å²) in [6, 6.07) is 9.00. The second kappa shape index (κ2) is 11.3. The molecule has 5 rings (SSSR count). The fraction of sp³-hybridized carbons (Fsp3) is 0.571. The molecule has 2 aromatic rings. The molecule has 2 N–H and O–H groups in total. The molecule has 1 aromatic carbocycles. The zero-order valence-corrected chi connectivity index (χ0v) is 21.2. The maximum absolute atomic E-state index is 15.8. The van der Waals surface area contributed by atoms with E-state index in [1.54, 1.807) is 12.1 Å². The number of rotatable bonds is 9. The second-order valence-corrected chi connectivity index (χ2v) is 10.6. The minimum atomic E-state index is -1.37. The van der Waals surface area contributed by atoms with Crippen LogP contribution in [0.3, 0.4) is 0 Å². The Morgan fingerprint density at radius 2 is 2.05 bits per heavy atom. The Labute approximate surface area is 216 Å². The molecule has 9 heteroatoms. The minimum absolute atomic E-state index is 0.203. The van der Waals surface area contributed by atoms with E-state index in [4.69, 9.17) is 9.72 Å². The van der Waals surface area contributed by atoms with Crippen molar-refractivity contribution in [1.82, 2.24) is 9.88 Å². The summed E-state index contributed by atoms with van der Waals surface area (Å²) < 4.78 is 36.2. The summed E-state index contributed by atoms with van der Waals surface area (Å²) in [5, 5.41) is 12.9. The van der Waals surface area contributed by atoms with Gasteiger partial charge in [0.1, 0.15) is 17.3 Å². The van der Waals surface area contributed by atoms with E-state index in [9.17, 15) is 14.3 Å². The maximum Gasteiger partial charge on any atom is 0.304 e. The van der Waals surface area contributed by atoms with Crippen LogP contribution in [-0.4, -0.2) is 79.1 Å². The van der Waals surface area contributed by atoms with Crippen LogP contribution in [0.5, 0.6) is 0 Å². The molecule has 2 saturated heterocycles. The summed E-state index contributed by atoms with van der Waals surface area (Å²) in [5.74, 6) is -1.04. The Morgan fingerprint density at radius 1 is 1.22 bits per heavy atom. The van der Waals surface area contributed by atoms with Gasteiger partial charge in [-0.2, -0.15) is 0 Å². The minimum Gasteiger partial charge on any atom is -0.481 e. The Balaban J connectivity index is 1.24. The van der Waals surface area contributed by atoms with E-state index in [0.717, 1.165) is 36.6 Å². The average molecular weight is 515 g/mol. The van der Waals surface area contributed by atoms with Gasteiger partial charge in [-0.3, -0.25) is 9.69 Å². The molecule has 2 unspecified atom stereocenters. The number of nitrogens with zero attached hydrogens (tertiary/aromatic N) is 3. The van der Waals surface area contributed by atoms with Gasteiger partial charge in [-0.25, -0.2) is 13.8 Å². The molecule has 2 atom stereocenters. The highest BCUT2D eigenvalue weighted by atomic mass is 19.1. The van der Waals surface area contributed by atoms with E-state index in [2.05, 4.69) is 16.3 Å². The van der Waals surface area contributed by atoms with Crippen LogP contribution in [0, 0.1) is 5.82 Å². The normalized spacial score (nSPS) is 22.9. The number of carboxylic acids is 1. The predicted octanol–water partition coefficient (Wildman–Crippen LogP) is 4.02. The molecule has 200 valence electrons. The highest BCUT2D eigenvalue weighted by Crippen LogP contribution is 2.34. The number of anilines is 2. The third kappa shape index (κ3) is 6.38. The Bertz CT molecular complexity index is 1110. The molecule has 0 bridgehead atoms. The number of alkyl halides is 1. The molecule has 0 radical (unpaired) electrons. The standard InChI is InChI=1S/C28H36F2N4O3/c29-25-6-5-23(34-12-14-37-15-13-34)17-24(25)21(16-26(35)36)18-33-11-9-28(30,19-33)8-7-22-4-3-20-2-1-10-31-27(20)32-22/h3-6,17,21H,1-2,7-16,18-19H2,(H,31,32)(H,35,36). The predicted molar refractivity (Wildman–Crippen MR) is 139 cm³/mol. The second-order valence-electron chi connectivity index (χ2n) is 10.6. The summed E-state index contributed by atoms with van der Waals surface area (Å²) in [6.45, 7) is 4.60. The number of morpholine rings is 1. The average Bonchev–Trinajstić information content (AvgIpc) is 3.28. The first-order valence-electron chi connectivity index (χ1n) is 13.4. The van der Waals surface area contributed by atoms with Crippen molar-refractivity contribution in [2.24, 2.45) is 0 Å². The third-order valence-electron chi connectivity index (χ3n) is 7.86. The van der Waals surface area contributed by atoms with Crippen LogP contribution in [0.1, 0.15) is 48.4 Å². The van der Waals surface area contributed by atoms with Gasteiger partial charge in [0.15, 0.2) is 0 Å². The smallest absolute Gasteiger partial charge is 0.304 e. The van der Waals surface area contributed by atoms with E-state index >= 15 is 4.39 Å². The van der Waals surface area contributed by atoms with Crippen molar-refractivity contribution in [1.29, 1.82) is 0 Å². The number of hydrogen-bond acceptors (Lipinski definition) is 6. The van der Waals surface area contributed by atoms with Gasteiger partial charge in [0.25, 0.3) is 0 Å². The summed E-state index contributed by atoms with van der Waals surface area (Å²) >= 11 is 0. The fourth-order valence-corrected chi connectivity index (χ4v) is 5.79. The fourth-order valence-electron chi connectivity index (χ4n) is 5.79. The molecular weight excluding hydrogens is 478 g/mol. The first-order valence-corrected chi connectivity index (χ1v) is 13.4. The molecule has 1 aromatic heterocycles. The lowest BCUT2D eigenvalue weighted by Gasteiger charge is -2.30. The maximum atomic E-state index is 15.8. The topological polar surface area (TPSA) is 77.9 Å². The zero-order valence-electron chi connectivity index (χ0n) is 21.2. The molecule has 7 nitrogen and oxygen atoms in total. The van der Waals surface area contributed by atoms with E-state index in [1.165, 1.54) is 11.6 Å². The van der Waals surface area contributed by atoms with Crippen LogP contribution in [0.2, 0.25) is 0 Å². The highest BCUT2D eigenvalue weighted by molar-refractivity contribution is 5.68. The number of ether oxygens (including phenoxy) is 1. The summed E-state index contributed by atoms with van der Waals surface area (Å²) in [5.41, 5.74) is 1.98. The molecule has 0 spiro atoms. The summed E-state index contributed by atoms with van der Waals surface area (Å²) in [7, 11) is 0. The molecule has 0 saturated carbocycles. The van der Waals surface area contributed by atoms with Crippen LogP contribution < -0.4 is 10.2 Å².